The third-order valence-electron chi connectivity index (χ3n) is 2.35. The van der Waals surface area contributed by atoms with Crippen molar-refractivity contribution in [2.45, 2.75) is 26.1 Å². The van der Waals surface area contributed by atoms with E-state index >= 15 is 0 Å². The van der Waals surface area contributed by atoms with Crippen molar-refractivity contribution in [3.8, 4) is 0 Å². The van der Waals surface area contributed by atoms with E-state index in [0.717, 1.165) is 12.1 Å². The van der Waals surface area contributed by atoms with Crippen LogP contribution in [0.25, 0.3) is 0 Å². The summed E-state index contributed by atoms with van der Waals surface area (Å²) in [5, 5.41) is 5.41. The molecule has 0 aliphatic rings. The van der Waals surface area contributed by atoms with E-state index in [1.54, 1.807) is 0 Å². The number of nitrogens with one attached hydrogen (secondary N) is 2. The number of ether oxygens (including phenoxy) is 1. The number of carbonyl (C=O) groups excluding carboxylic acids is 1. The standard InChI is InChI=1S/C13H17F3N2O2/c1-9(2)17-7-8-20-12(19)18-11-5-3-10(4-6-11)13(14,15)16/h3-6,9,17H,7-8H2,1-2H3,(H,18,19). The summed E-state index contributed by atoms with van der Waals surface area (Å²) in [7, 11) is 0. The zero-order valence-corrected chi connectivity index (χ0v) is 11.3. The fourth-order valence-electron chi connectivity index (χ4n) is 1.39. The summed E-state index contributed by atoms with van der Waals surface area (Å²) in [6.45, 7) is 4.62. The quantitative estimate of drug-likeness (QED) is 0.818. The number of alkyl halides is 3. The number of rotatable bonds is 5. The van der Waals surface area contributed by atoms with Crippen LogP contribution in [0.2, 0.25) is 0 Å². The highest BCUT2D eigenvalue weighted by atomic mass is 19.4. The number of benzene rings is 1. The van der Waals surface area contributed by atoms with Gasteiger partial charge >= 0.3 is 12.3 Å². The van der Waals surface area contributed by atoms with E-state index in [0.29, 0.717) is 6.54 Å². The van der Waals surface area contributed by atoms with Crippen molar-refractivity contribution < 1.29 is 22.7 Å². The van der Waals surface area contributed by atoms with Gasteiger partial charge in [-0.1, -0.05) is 13.8 Å². The minimum Gasteiger partial charge on any atom is -0.448 e. The first-order valence-corrected chi connectivity index (χ1v) is 6.13. The van der Waals surface area contributed by atoms with Gasteiger partial charge in [0.2, 0.25) is 0 Å². The van der Waals surface area contributed by atoms with E-state index in [2.05, 4.69) is 10.6 Å². The molecule has 0 aliphatic heterocycles. The van der Waals surface area contributed by atoms with Crippen LogP contribution in [-0.2, 0) is 10.9 Å². The molecule has 0 bridgehead atoms. The SMILES string of the molecule is CC(C)NCCOC(=O)Nc1ccc(C(F)(F)F)cc1. The van der Waals surface area contributed by atoms with Gasteiger partial charge in [0.15, 0.2) is 0 Å². The molecule has 0 radical (unpaired) electrons. The molecular formula is C13H17F3N2O2. The van der Waals surface area contributed by atoms with Crippen LogP contribution in [0, 0.1) is 0 Å². The Balaban J connectivity index is 2.39. The summed E-state index contributed by atoms with van der Waals surface area (Å²) >= 11 is 0. The Labute approximate surface area is 115 Å². The van der Waals surface area contributed by atoms with E-state index in [1.807, 2.05) is 13.8 Å². The smallest absolute Gasteiger partial charge is 0.416 e. The molecule has 0 aromatic heterocycles. The van der Waals surface area contributed by atoms with Gasteiger partial charge < -0.3 is 10.1 Å². The lowest BCUT2D eigenvalue weighted by Gasteiger charge is -2.10. The van der Waals surface area contributed by atoms with Crippen molar-refractivity contribution >= 4 is 11.8 Å². The molecule has 4 nitrogen and oxygen atoms in total. The number of amides is 1. The molecule has 0 fully saturated rings. The molecule has 0 atom stereocenters. The lowest BCUT2D eigenvalue weighted by atomic mass is 10.2. The van der Waals surface area contributed by atoms with E-state index in [-0.39, 0.29) is 18.3 Å². The predicted octanol–water partition coefficient (Wildman–Crippen LogP) is 3.25. The number of anilines is 1. The van der Waals surface area contributed by atoms with Crippen LogP contribution in [0.3, 0.4) is 0 Å². The van der Waals surface area contributed by atoms with Crippen molar-refractivity contribution in [2.75, 3.05) is 18.5 Å². The summed E-state index contributed by atoms with van der Waals surface area (Å²) in [6, 6.07) is 4.44. The maximum atomic E-state index is 12.3. The van der Waals surface area contributed by atoms with Gasteiger partial charge in [0.25, 0.3) is 0 Å². The maximum Gasteiger partial charge on any atom is 0.416 e. The molecular weight excluding hydrogens is 273 g/mol. The Bertz CT molecular complexity index is 430. The van der Waals surface area contributed by atoms with Crippen molar-refractivity contribution in [3.63, 3.8) is 0 Å². The second-order valence-corrected chi connectivity index (χ2v) is 4.44. The second-order valence-electron chi connectivity index (χ2n) is 4.44. The minimum atomic E-state index is -4.39. The summed E-state index contributed by atoms with van der Waals surface area (Å²) in [4.78, 5) is 11.4. The molecule has 0 aliphatic carbocycles. The summed E-state index contributed by atoms with van der Waals surface area (Å²) < 4.78 is 41.9. The first-order valence-electron chi connectivity index (χ1n) is 6.13. The first-order chi connectivity index (χ1) is 9.29. The molecule has 1 aromatic rings. The number of carbonyl (C=O) groups is 1. The van der Waals surface area contributed by atoms with Crippen LogP contribution in [0.5, 0.6) is 0 Å². The fraction of sp³-hybridized carbons (Fsp3) is 0.462. The van der Waals surface area contributed by atoms with E-state index < -0.39 is 17.8 Å². The zero-order valence-electron chi connectivity index (χ0n) is 11.3. The van der Waals surface area contributed by atoms with Gasteiger partial charge in [0.05, 0.1) is 5.56 Å². The van der Waals surface area contributed by atoms with Gasteiger partial charge in [0, 0.05) is 18.3 Å². The molecule has 7 heteroatoms. The van der Waals surface area contributed by atoms with Crippen LogP contribution in [0.1, 0.15) is 19.4 Å². The molecule has 1 aromatic carbocycles. The summed E-state index contributed by atoms with van der Waals surface area (Å²) in [5.41, 5.74) is -0.516. The predicted molar refractivity (Wildman–Crippen MR) is 69.6 cm³/mol. The normalized spacial score (nSPS) is 11.5. The largest absolute Gasteiger partial charge is 0.448 e. The monoisotopic (exact) mass is 290 g/mol. The third-order valence-corrected chi connectivity index (χ3v) is 2.35. The lowest BCUT2D eigenvalue weighted by molar-refractivity contribution is -0.137. The topological polar surface area (TPSA) is 50.4 Å². The molecule has 0 saturated heterocycles. The first kappa shape index (κ1) is 16.3. The molecule has 0 unspecified atom stereocenters. The van der Waals surface area contributed by atoms with Crippen LogP contribution in [0.15, 0.2) is 24.3 Å². The molecule has 2 N–H and O–H groups in total. The van der Waals surface area contributed by atoms with Crippen LogP contribution < -0.4 is 10.6 Å². The lowest BCUT2D eigenvalue weighted by Crippen LogP contribution is -2.28. The number of hydrogen-bond acceptors (Lipinski definition) is 3. The maximum absolute atomic E-state index is 12.3. The van der Waals surface area contributed by atoms with Gasteiger partial charge in [-0.3, -0.25) is 5.32 Å². The summed E-state index contributed by atoms with van der Waals surface area (Å²) in [6.07, 6.45) is -5.09. The fourth-order valence-corrected chi connectivity index (χ4v) is 1.39. The van der Waals surface area contributed by atoms with Crippen LogP contribution in [0.4, 0.5) is 23.7 Å². The van der Waals surface area contributed by atoms with Crippen LogP contribution >= 0.6 is 0 Å². The van der Waals surface area contributed by atoms with Gasteiger partial charge in [0.1, 0.15) is 6.61 Å². The molecule has 1 rings (SSSR count). The van der Waals surface area contributed by atoms with Crippen molar-refractivity contribution in [3.05, 3.63) is 29.8 Å². The molecule has 20 heavy (non-hydrogen) atoms. The number of hydrogen-bond donors (Lipinski definition) is 2. The highest BCUT2D eigenvalue weighted by Crippen LogP contribution is 2.29. The Morgan fingerprint density at radius 2 is 1.85 bits per heavy atom. The highest BCUT2D eigenvalue weighted by molar-refractivity contribution is 5.84. The van der Waals surface area contributed by atoms with Gasteiger partial charge in [-0.15, -0.1) is 0 Å². The molecule has 112 valence electrons. The Morgan fingerprint density at radius 3 is 2.35 bits per heavy atom. The van der Waals surface area contributed by atoms with Crippen molar-refractivity contribution in [2.24, 2.45) is 0 Å². The molecule has 0 heterocycles. The minimum absolute atomic E-state index is 0.185. The zero-order chi connectivity index (χ0) is 15.2. The molecule has 0 saturated carbocycles. The average Bonchev–Trinajstić information content (AvgIpc) is 2.34. The molecule has 0 spiro atoms. The third kappa shape index (κ3) is 5.92. The van der Waals surface area contributed by atoms with E-state index in [9.17, 15) is 18.0 Å². The van der Waals surface area contributed by atoms with Gasteiger partial charge in [-0.2, -0.15) is 13.2 Å². The Morgan fingerprint density at radius 1 is 1.25 bits per heavy atom. The average molecular weight is 290 g/mol. The highest BCUT2D eigenvalue weighted by Gasteiger charge is 2.29. The summed E-state index contributed by atoms with van der Waals surface area (Å²) in [5.74, 6) is 0. The Kier molecular flexibility index (Phi) is 5.82. The van der Waals surface area contributed by atoms with Gasteiger partial charge in [-0.05, 0) is 24.3 Å². The Hall–Kier alpha value is -1.76. The van der Waals surface area contributed by atoms with Crippen molar-refractivity contribution in [1.29, 1.82) is 0 Å². The van der Waals surface area contributed by atoms with E-state index in [1.165, 1.54) is 12.1 Å². The number of halogens is 3. The van der Waals surface area contributed by atoms with E-state index in [4.69, 9.17) is 4.74 Å². The van der Waals surface area contributed by atoms with Gasteiger partial charge in [-0.25, -0.2) is 4.79 Å². The van der Waals surface area contributed by atoms with Crippen molar-refractivity contribution in [1.82, 2.24) is 5.32 Å². The molecule has 1 amide bonds. The van der Waals surface area contributed by atoms with Crippen LogP contribution in [-0.4, -0.2) is 25.3 Å². The second kappa shape index (κ2) is 7.14.